The summed E-state index contributed by atoms with van der Waals surface area (Å²) in [6.45, 7) is 1.97. The van der Waals surface area contributed by atoms with Crippen molar-refractivity contribution in [3.8, 4) is 10.4 Å². The van der Waals surface area contributed by atoms with E-state index in [1.807, 2.05) is 24.3 Å². The van der Waals surface area contributed by atoms with Crippen molar-refractivity contribution in [3.05, 3.63) is 41.5 Å². The van der Waals surface area contributed by atoms with E-state index in [1.165, 1.54) is 11.3 Å². The van der Waals surface area contributed by atoms with Crippen molar-refractivity contribution in [3.63, 3.8) is 0 Å². The van der Waals surface area contributed by atoms with Gasteiger partial charge >= 0.3 is 0 Å². The summed E-state index contributed by atoms with van der Waals surface area (Å²) in [5.41, 5.74) is 33.7. The molecule has 0 aliphatic rings. The van der Waals surface area contributed by atoms with Crippen LogP contribution in [0, 0.1) is 11.8 Å². The molecule has 0 spiro atoms. The Labute approximate surface area is 363 Å². The Balaban J connectivity index is 1.73. The van der Waals surface area contributed by atoms with Crippen molar-refractivity contribution in [1.29, 1.82) is 0 Å². The van der Waals surface area contributed by atoms with E-state index >= 15 is 0 Å². The molecular formula is C42H68N12O6S. The molecule has 0 fully saturated rings. The first kappa shape index (κ1) is 51.7. The molecule has 0 saturated carbocycles. The maximum absolute atomic E-state index is 13.2. The van der Waals surface area contributed by atoms with Crippen LogP contribution in [0.5, 0.6) is 0 Å². The van der Waals surface area contributed by atoms with Crippen molar-refractivity contribution in [2.45, 2.75) is 115 Å². The molecule has 2 aromatic rings. The number of carbonyl (C=O) groups is 6. The smallest absolute Gasteiger partial charge is 0.261 e. The Kier molecular flexibility index (Phi) is 25.9. The minimum Gasteiger partial charge on any atom is -0.370 e. The first-order valence-corrected chi connectivity index (χ1v) is 22.1. The number of thiophene rings is 1. The van der Waals surface area contributed by atoms with Gasteiger partial charge in [-0.05, 0) is 101 Å². The molecule has 2 heterocycles. The molecule has 0 radical (unpaired) electrons. The van der Waals surface area contributed by atoms with Crippen LogP contribution in [-0.2, 0) is 24.0 Å². The number of Topliss-reactive ketones (excluding diaryl/α,β-unsaturated/α-hetero) is 2. The van der Waals surface area contributed by atoms with Crippen LogP contribution in [0.2, 0.25) is 0 Å². The van der Waals surface area contributed by atoms with Crippen LogP contribution in [0.3, 0.4) is 0 Å². The Morgan fingerprint density at radius 1 is 0.623 bits per heavy atom. The summed E-state index contributed by atoms with van der Waals surface area (Å²) in [6.07, 6.45) is 11.7. The molecule has 18 nitrogen and oxygen atoms in total. The third-order valence-corrected chi connectivity index (χ3v) is 11.1. The van der Waals surface area contributed by atoms with Gasteiger partial charge in [0.2, 0.25) is 17.7 Å². The van der Waals surface area contributed by atoms with E-state index in [-0.39, 0.29) is 74.1 Å². The minimum atomic E-state index is -0.950. The van der Waals surface area contributed by atoms with Crippen LogP contribution in [-0.4, -0.2) is 90.9 Å². The Morgan fingerprint density at radius 2 is 1.18 bits per heavy atom. The lowest BCUT2D eigenvalue weighted by molar-refractivity contribution is -0.132. The first-order valence-electron chi connectivity index (χ1n) is 21.3. The molecule has 338 valence electrons. The lowest BCUT2D eigenvalue weighted by atomic mass is 9.93. The summed E-state index contributed by atoms with van der Waals surface area (Å²) in [5.74, 6) is -2.82. The van der Waals surface area contributed by atoms with E-state index < -0.39 is 29.7 Å². The zero-order chi connectivity index (χ0) is 44.8. The van der Waals surface area contributed by atoms with Crippen molar-refractivity contribution in [2.24, 2.45) is 56.2 Å². The van der Waals surface area contributed by atoms with E-state index in [1.54, 1.807) is 12.4 Å². The second-order valence-corrected chi connectivity index (χ2v) is 16.2. The summed E-state index contributed by atoms with van der Waals surface area (Å²) in [7, 11) is 0. The van der Waals surface area contributed by atoms with Crippen LogP contribution in [0.15, 0.2) is 46.6 Å². The van der Waals surface area contributed by atoms with Crippen molar-refractivity contribution in [1.82, 2.24) is 20.9 Å². The van der Waals surface area contributed by atoms with Gasteiger partial charge in [-0.15, -0.1) is 11.3 Å². The fourth-order valence-electron chi connectivity index (χ4n) is 6.59. The van der Waals surface area contributed by atoms with E-state index in [0.29, 0.717) is 82.3 Å². The van der Waals surface area contributed by atoms with Crippen LogP contribution in [0.25, 0.3) is 10.4 Å². The molecule has 19 heteroatoms. The number of hydrogen-bond donors (Lipinski definition) is 9. The average Bonchev–Trinajstić information content (AvgIpc) is 3.73. The van der Waals surface area contributed by atoms with Gasteiger partial charge in [0, 0.05) is 81.0 Å². The second-order valence-electron chi connectivity index (χ2n) is 15.1. The van der Waals surface area contributed by atoms with Crippen LogP contribution in [0.1, 0.15) is 119 Å². The number of pyridine rings is 1. The van der Waals surface area contributed by atoms with Gasteiger partial charge < -0.3 is 50.4 Å². The number of primary amides is 1. The summed E-state index contributed by atoms with van der Waals surface area (Å²) in [5, 5.41) is 8.60. The normalized spacial score (nSPS) is 12.3. The summed E-state index contributed by atoms with van der Waals surface area (Å²) in [4.78, 5) is 90.4. The maximum Gasteiger partial charge on any atom is 0.261 e. The lowest BCUT2D eigenvalue weighted by Crippen LogP contribution is -2.47. The molecule has 4 amide bonds. The highest BCUT2D eigenvalue weighted by molar-refractivity contribution is 7.17. The standard InChI is InChI=1S/C42H68N12O6S/c43-20-6-5-11-30(27-32(55)13-4-2-8-22-51-40(60)36-17-16-35(61-36)29-18-25-49-26-19-29)38(58)50-21-7-1-3-14-33(56)28-31(12-9-23-52-41(45)46)39(59)54-34(37(44)57)15-10-24-53-42(47)48/h16-19,25-26,30-31,34H,1-15,20-24,27-28,43H2,(H2,44,57)(H,50,58)(H,51,60)(H,54,59)(H4,45,46,52)(H4,47,48,53)/t30-,31-,34+/m0/s1. The molecule has 0 bridgehead atoms. The number of unbranched alkanes of at least 4 members (excludes halogenated alkanes) is 5. The number of ketones is 2. The van der Waals surface area contributed by atoms with Crippen molar-refractivity contribution in [2.75, 3.05) is 32.7 Å². The third kappa shape index (κ3) is 23.2. The van der Waals surface area contributed by atoms with Crippen LogP contribution >= 0.6 is 11.3 Å². The number of guanidine groups is 2. The molecule has 15 N–H and O–H groups in total. The Bertz CT molecular complexity index is 1710. The highest BCUT2D eigenvalue weighted by Crippen LogP contribution is 2.27. The van der Waals surface area contributed by atoms with E-state index in [9.17, 15) is 28.8 Å². The molecule has 61 heavy (non-hydrogen) atoms. The zero-order valence-electron chi connectivity index (χ0n) is 35.4. The molecule has 3 atom stereocenters. The number of carbonyl (C=O) groups excluding carboxylic acids is 6. The zero-order valence-corrected chi connectivity index (χ0v) is 36.2. The summed E-state index contributed by atoms with van der Waals surface area (Å²) in [6, 6.07) is 6.60. The largest absolute Gasteiger partial charge is 0.370 e. The summed E-state index contributed by atoms with van der Waals surface area (Å²) >= 11 is 1.43. The minimum absolute atomic E-state index is 0.0245. The predicted octanol–water partition coefficient (Wildman–Crippen LogP) is 2.13. The van der Waals surface area contributed by atoms with Crippen molar-refractivity contribution < 1.29 is 28.8 Å². The monoisotopic (exact) mass is 869 g/mol. The third-order valence-electron chi connectivity index (χ3n) is 9.95. The first-order chi connectivity index (χ1) is 29.3. The molecule has 0 aliphatic heterocycles. The Morgan fingerprint density at radius 3 is 1.75 bits per heavy atom. The number of nitrogens with two attached hydrogens (primary N) is 6. The van der Waals surface area contributed by atoms with E-state index in [2.05, 4.69) is 30.9 Å². The second kappa shape index (κ2) is 30.6. The number of nitrogens with one attached hydrogen (secondary N) is 3. The van der Waals surface area contributed by atoms with Gasteiger partial charge in [0.25, 0.3) is 5.91 Å². The lowest BCUT2D eigenvalue weighted by Gasteiger charge is -2.20. The predicted molar refractivity (Wildman–Crippen MR) is 240 cm³/mol. The maximum atomic E-state index is 13.2. The van der Waals surface area contributed by atoms with Crippen LogP contribution < -0.4 is 50.4 Å². The van der Waals surface area contributed by atoms with Gasteiger partial charge in [-0.2, -0.15) is 0 Å². The molecular weight excluding hydrogens is 801 g/mol. The average molecular weight is 869 g/mol. The summed E-state index contributed by atoms with van der Waals surface area (Å²) < 4.78 is 0. The van der Waals surface area contributed by atoms with Gasteiger partial charge in [-0.25, -0.2) is 0 Å². The number of hydrogen-bond acceptors (Lipinski definition) is 11. The van der Waals surface area contributed by atoms with Crippen molar-refractivity contribution >= 4 is 58.5 Å². The molecule has 0 aliphatic carbocycles. The van der Waals surface area contributed by atoms with E-state index in [0.717, 1.165) is 36.1 Å². The van der Waals surface area contributed by atoms with Gasteiger partial charge in [0.1, 0.15) is 17.6 Å². The molecule has 2 rings (SSSR count). The highest BCUT2D eigenvalue weighted by Gasteiger charge is 2.26. The fourth-order valence-corrected chi connectivity index (χ4v) is 7.52. The number of aliphatic imine (C=N–C) groups is 2. The van der Waals surface area contributed by atoms with Gasteiger partial charge in [0.15, 0.2) is 11.9 Å². The quantitative estimate of drug-likeness (QED) is 0.0278. The SMILES string of the molecule is NCCCC[C@@H](CC(=O)CCCCCNC(=O)c1ccc(-c2ccncc2)s1)C(=O)NCCCCCC(=O)C[C@H](CCCN=C(N)N)C(=O)N[C@H](CCCN=C(N)N)C(N)=O. The fraction of sp³-hybridized carbons (Fsp3) is 0.595. The van der Waals surface area contributed by atoms with Gasteiger partial charge in [0.05, 0.1) is 4.88 Å². The molecule has 0 aromatic carbocycles. The molecule has 0 unspecified atom stereocenters. The highest BCUT2D eigenvalue weighted by atomic mass is 32.1. The number of amides is 4. The molecule has 0 saturated heterocycles. The van der Waals surface area contributed by atoms with E-state index in [4.69, 9.17) is 34.4 Å². The number of nitrogens with zero attached hydrogens (tertiary/aromatic N) is 3. The molecule has 2 aromatic heterocycles. The topological polar surface area (TPSA) is 332 Å². The Hall–Kier alpha value is -5.43. The number of rotatable bonds is 34. The van der Waals surface area contributed by atoms with Gasteiger partial charge in [-0.1, -0.05) is 19.3 Å². The van der Waals surface area contributed by atoms with Gasteiger partial charge in [-0.3, -0.25) is 43.7 Å². The number of aromatic nitrogens is 1. The van der Waals surface area contributed by atoms with Crippen LogP contribution in [0.4, 0.5) is 0 Å².